The second-order valence-corrected chi connectivity index (χ2v) is 14.2. The predicted molar refractivity (Wildman–Crippen MR) is 115 cm³/mol. The predicted octanol–water partition coefficient (Wildman–Crippen LogP) is 8.62. The molecule has 0 heterocycles. The Labute approximate surface area is 155 Å². The van der Waals surface area contributed by atoms with E-state index in [1.54, 1.807) is 0 Å². The molecular formula is C23H47P. The lowest BCUT2D eigenvalue weighted by atomic mass is 9.72. The van der Waals surface area contributed by atoms with E-state index in [-0.39, 0.29) is 7.92 Å². The van der Waals surface area contributed by atoms with Gasteiger partial charge in [-0.05, 0) is 41.2 Å². The Balaban J connectivity index is 2.22. The van der Waals surface area contributed by atoms with Crippen LogP contribution in [0.25, 0.3) is 0 Å². The van der Waals surface area contributed by atoms with Gasteiger partial charge in [0.15, 0.2) is 0 Å². The fraction of sp³-hybridized carbons (Fsp3) is 1.00. The maximum atomic E-state index is 2.48. The highest BCUT2D eigenvalue weighted by Gasteiger charge is 2.39. The van der Waals surface area contributed by atoms with Crippen molar-refractivity contribution in [2.75, 3.05) is 6.16 Å². The van der Waals surface area contributed by atoms with Crippen LogP contribution in [0.1, 0.15) is 119 Å². The van der Waals surface area contributed by atoms with Crippen LogP contribution < -0.4 is 0 Å². The van der Waals surface area contributed by atoms with Crippen LogP contribution in [-0.4, -0.2) is 16.5 Å². The van der Waals surface area contributed by atoms with E-state index in [1.807, 2.05) is 0 Å². The molecule has 1 saturated carbocycles. The van der Waals surface area contributed by atoms with Gasteiger partial charge in [-0.2, -0.15) is 0 Å². The maximum absolute atomic E-state index is 2.48. The van der Waals surface area contributed by atoms with E-state index >= 15 is 0 Å². The number of unbranched alkanes of at least 4 members (excludes halogenated alkanes) is 7. The summed E-state index contributed by atoms with van der Waals surface area (Å²) in [5.74, 6) is 2.12. The van der Waals surface area contributed by atoms with Crippen LogP contribution in [0, 0.1) is 11.8 Å². The van der Waals surface area contributed by atoms with Crippen LogP contribution in [-0.2, 0) is 0 Å². The fourth-order valence-electron chi connectivity index (χ4n) is 4.59. The van der Waals surface area contributed by atoms with Crippen LogP contribution in [0.15, 0.2) is 0 Å². The summed E-state index contributed by atoms with van der Waals surface area (Å²) >= 11 is 0. The van der Waals surface area contributed by atoms with Gasteiger partial charge in [0.2, 0.25) is 0 Å². The van der Waals surface area contributed by atoms with Gasteiger partial charge in [-0.25, -0.2) is 0 Å². The molecule has 0 nitrogen and oxygen atoms in total. The number of hydrogen-bond donors (Lipinski definition) is 0. The third-order valence-electron chi connectivity index (χ3n) is 6.04. The molecule has 0 radical (unpaired) electrons. The van der Waals surface area contributed by atoms with Crippen LogP contribution in [0.4, 0.5) is 0 Å². The lowest BCUT2D eigenvalue weighted by Gasteiger charge is -2.47. The Kier molecular flexibility index (Phi) is 9.88. The van der Waals surface area contributed by atoms with E-state index in [0.29, 0.717) is 10.3 Å². The van der Waals surface area contributed by atoms with Gasteiger partial charge in [0.1, 0.15) is 0 Å². The highest BCUT2D eigenvalue weighted by atomic mass is 31.1. The molecule has 1 aliphatic carbocycles. The molecule has 1 fully saturated rings. The highest BCUT2D eigenvalue weighted by Crippen LogP contribution is 2.62. The summed E-state index contributed by atoms with van der Waals surface area (Å²) in [4.78, 5) is 0. The van der Waals surface area contributed by atoms with Crippen LogP contribution in [0.5, 0.6) is 0 Å². The van der Waals surface area contributed by atoms with Gasteiger partial charge in [0.25, 0.3) is 0 Å². The van der Waals surface area contributed by atoms with Crippen molar-refractivity contribution in [2.45, 2.75) is 129 Å². The molecule has 24 heavy (non-hydrogen) atoms. The minimum atomic E-state index is 0.106. The van der Waals surface area contributed by atoms with Gasteiger partial charge >= 0.3 is 0 Å². The molecule has 2 atom stereocenters. The lowest BCUT2D eigenvalue weighted by molar-refractivity contribution is 0.181. The Morgan fingerprint density at radius 3 is 1.54 bits per heavy atom. The van der Waals surface area contributed by atoms with E-state index in [1.165, 1.54) is 76.8 Å². The molecule has 0 amide bonds. The molecule has 1 aliphatic rings. The summed E-state index contributed by atoms with van der Waals surface area (Å²) in [6.45, 7) is 17.2. The third kappa shape index (κ3) is 8.21. The van der Waals surface area contributed by atoms with E-state index in [4.69, 9.17) is 0 Å². The Bertz CT molecular complexity index is 306. The van der Waals surface area contributed by atoms with Crippen LogP contribution in [0.2, 0.25) is 0 Å². The summed E-state index contributed by atoms with van der Waals surface area (Å²) in [6.07, 6.45) is 17.8. The molecule has 0 aliphatic heterocycles. The summed E-state index contributed by atoms with van der Waals surface area (Å²) in [7, 11) is 0.106. The van der Waals surface area contributed by atoms with E-state index in [2.05, 4.69) is 48.5 Å². The van der Waals surface area contributed by atoms with E-state index in [9.17, 15) is 0 Å². The number of rotatable bonds is 11. The monoisotopic (exact) mass is 354 g/mol. The summed E-state index contributed by atoms with van der Waals surface area (Å²) in [5, 5.41) is 1.01. The van der Waals surface area contributed by atoms with Crippen molar-refractivity contribution in [3.05, 3.63) is 0 Å². The Morgan fingerprint density at radius 2 is 1.12 bits per heavy atom. The maximum Gasteiger partial charge on any atom is -0.0175 e. The first kappa shape index (κ1) is 22.5. The first-order valence-corrected chi connectivity index (χ1v) is 12.5. The summed E-state index contributed by atoms with van der Waals surface area (Å²) in [6, 6.07) is 0. The summed E-state index contributed by atoms with van der Waals surface area (Å²) < 4.78 is 0. The highest BCUT2D eigenvalue weighted by molar-refractivity contribution is 7.60. The minimum Gasteiger partial charge on any atom is -0.0954 e. The van der Waals surface area contributed by atoms with Crippen molar-refractivity contribution in [1.29, 1.82) is 0 Å². The summed E-state index contributed by atoms with van der Waals surface area (Å²) in [5.41, 5.74) is 0. The number of hydrogen-bond acceptors (Lipinski definition) is 0. The second-order valence-electron chi connectivity index (χ2n) is 10.3. The molecule has 0 N–H and O–H groups in total. The minimum absolute atomic E-state index is 0.106. The standard InChI is InChI=1S/C23H47P/c1-8-9-10-11-12-13-14-15-16-20-17-18-21(20)19-24(22(2,3)4)23(5,6)7/h20-21H,8-19H2,1-7H3. The smallest absolute Gasteiger partial charge is 0.0175 e. The zero-order valence-corrected chi connectivity index (χ0v) is 19.0. The molecule has 0 bridgehead atoms. The van der Waals surface area contributed by atoms with Gasteiger partial charge in [-0.1, -0.05) is 114 Å². The topological polar surface area (TPSA) is 0 Å². The van der Waals surface area contributed by atoms with Crippen molar-refractivity contribution in [3.63, 3.8) is 0 Å². The molecule has 0 aromatic rings. The van der Waals surface area contributed by atoms with Gasteiger partial charge in [-0.15, -0.1) is 0 Å². The average molecular weight is 355 g/mol. The van der Waals surface area contributed by atoms with Gasteiger partial charge in [-0.3, -0.25) is 0 Å². The average Bonchev–Trinajstić information content (AvgIpc) is 2.41. The zero-order valence-electron chi connectivity index (χ0n) is 18.1. The van der Waals surface area contributed by atoms with E-state index in [0.717, 1.165) is 11.8 Å². The largest absolute Gasteiger partial charge is 0.0954 e. The molecule has 1 rings (SSSR count). The Morgan fingerprint density at radius 1 is 0.667 bits per heavy atom. The van der Waals surface area contributed by atoms with Gasteiger partial charge in [0.05, 0.1) is 0 Å². The molecular weight excluding hydrogens is 307 g/mol. The first-order valence-electron chi connectivity index (χ1n) is 10.9. The van der Waals surface area contributed by atoms with Gasteiger partial charge in [0, 0.05) is 0 Å². The van der Waals surface area contributed by atoms with Crippen LogP contribution in [0.3, 0.4) is 0 Å². The SMILES string of the molecule is CCCCCCCCCCC1CCC1CP(C(C)(C)C)C(C)(C)C. The lowest BCUT2D eigenvalue weighted by Crippen LogP contribution is -2.34. The van der Waals surface area contributed by atoms with Crippen molar-refractivity contribution in [3.8, 4) is 0 Å². The van der Waals surface area contributed by atoms with E-state index < -0.39 is 0 Å². The first-order chi connectivity index (χ1) is 11.2. The third-order valence-corrected chi connectivity index (χ3v) is 10.1. The Hall–Kier alpha value is 0.430. The molecule has 1 heteroatoms. The van der Waals surface area contributed by atoms with Crippen molar-refractivity contribution >= 4 is 7.92 Å². The van der Waals surface area contributed by atoms with Crippen molar-refractivity contribution in [1.82, 2.24) is 0 Å². The quantitative estimate of drug-likeness (QED) is 0.257. The molecule has 2 unspecified atom stereocenters. The molecule has 144 valence electrons. The zero-order chi connectivity index (χ0) is 18.2. The van der Waals surface area contributed by atoms with Gasteiger partial charge < -0.3 is 0 Å². The molecule has 0 saturated heterocycles. The second kappa shape index (κ2) is 10.5. The fourth-order valence-corrected chi connectivity index (χ4v) is 8.64. The van der Waals surface area contributed by atoms with Crippen LogP contribution >= 0.6 is 7.92 Å². The van der Waals surface area contributed by atoms with Crippen molar-refractivity contribution in [2.24, 2.45) is 11.8 Å². The normalized spacial score (nSPS) is 22.0. The molecule has 0 aromatic heterocycles. The van der Waals surface area contributed by atoms with Crippen molar-refractivity contribution < 1.29 is 0 Å². The molecule has 0 aromatic carbocycles. The molecule has 0 spiro atoms.